The Morgan fingerprint density at radius 2 is 2.00 bits per heavy atom. The second kappa shape index (κ2) is 4.78. The minimum atomic E-state index is 0.231. The summed E-state index contributed by atoms with van der Waals surface area (Å²) in [7, 11) is 1.92. The highest BCUT2D eigenvalue weighted by molar-refractivity contribution is 5.80. The molecule has 0 bridgehead atoms. The van der Waals surface area contributed by atoms with Crippen LogP contribution in [0.4, 0.5) is 0 Å². The molecule has 0 aromatic rings. The molecule has 1 N–H and O–H groups in total. The maximum absolute atomic E-state index is 11.8. The molecule has 1 aliphatic heterocycles. The molecule has 1 saturated heterocycles. The van der Waals surface area contributed by atoms with Crippen LogP contribution in [0.2, 0.25) is 0 Å². The molecule has 0 saturated carbocycles. The molecule has 1 atom stereocenters. The number of carbonyl (C=O) groups excluding carboxylic acids is 1. The molecule has 1 unspecified atom stereocenters. The van der Waals surface area contributed by atoms with Gasteiger partial charge in [0.05, 0.1) is 5.92 Å². The van der Waals surface area contributed by atoms with E-state index in [-0.39, 0.29) is 5.92 Å². The Hall–Kier alpha value is -0.570. The summed E-state index contributed by atoms with van der Waals surface area (Å²) >= 11 is 0. The van der Waals surface area contributed by atoms with Crippen LogP contribution < -0.4 is 5.32 Å². The predicted molar refractivity (Wildman–Crippen MR) is 58.0 cm³/mol. The highest BCUT2D eigenvalue weighted by Crippen LogP contribution is 2.14. The third kappa shape index (κ3) is 2.71. The first kappa shape index (κ1) is 11.5. The van der Waals surface area contributed by atoms with Gasteiger partial charge in [-0.05, 0) is 19.3 Å². The topological polar surface area (TPSA) is 32.3 Å². The fraction of sp³-hybridized carbons (Fsp3) is 0.909. The smallest absolute Gasteiger partial charge is 0.228 e. The Balaban J connectivity index is 2.38. The molecule has 1 aliphatic rings. The average Bonchev–Trinajstić information content (AvgIpc) is 1.98. The van der Waals surface area contributed by atoms with Gasteiger partial charge in [0.15, 0.2) is 0 Å². The fourth-order valence-corrected chi connectivity index (χ4v) is 1.81. The standard InChI is InChI=1S/C11H22N2O/c1-8(2)5-9(3)13(4)11(14)10-6-12-7-10/h8-10,12H,5-7H2,1-4H3. The molecule has 1 heterocycles. The molecule has 0 aromatic heterocycles. The molecule has 0 radical (unpaired) electrons. The summed E-state index contributed by atoms with van der Waals surface area (Å²) < 4.78 is 0. The van der Waals surface area contributed by atoms with Gasteiger partial charge in [0, 0.05) is 26.2 Å². The van der Waals surface area contributed by atoms with E-state index in [1.807, 2.05) is 11.9 Å². The van der Waals surface area contributed by atoms with Gasteiger partial charge in [-0.25, -0.2) is 0 Å². The second-order valence-electron chi connectivity index (χ2n) is 4.78. The molecule has 3 heteroatoms. The van der Waals surface area contributed by atoms with Crippen LogP contribution in [0.25, 0.3) is 0 Å². The summed E-state index contributed by atoms with van der Waals surface area (Å²) in [6.45, 7) is 8.23. The van der Waals surface area contributed by atoms with Crippen molar-refractivity contribution in [2.75, 3.05) is 20.1 Å². The minimum absolute atomic E-state index is 0.231. The van der Waals surface area contributed by atoms with Crippen molar-refractivity contribution in [1.82, 2.24) is 10.2 Å². The number of hydrogen-bond donors (Lipinski definition) is 1. The van der Waals surface area contributed by atoms with Gasteiger partial charge in [-0.3, -0.25) is 4.79 Å². The lowest BCUT2D eigenvalue weighted by Crippen LogP contribution is -2.52. The average molecular weight is 198 g/mol. The van der Waals surface area contributed by atoms with E-state index >= 15 is 0 Å². The molecule has 0 spiro atoms. The maximum Gasteiger partial charge on any atom is 0.228 e. The van der Waals surface area contributed by atoms with E-state index in [1.54, 1.807) is 0 Å². The van der Waals surface area contributed by atoms with Crippen LogP contribution in [0.5, 0.6) is 0 Å². The lowest BCUT2D eigenvalue weighted by molar-refractivity contribution is -0.137. The van der Waals surface area contributed by atoms with Crippen molar-refractivity contribution < 1.29 is 4.79 Å². The van der Waals surface area contributed by atoms with E-state index < -0.39 is 0 Å². The first-order valence-corrected chi connectivity index (χ1v) is 5.49. The second-order valence-corrected chi connectivity index (χ2v) is 4.78. The molecular weight excluding hydrogens is 176 g/mol. The van der Waals surface area contributed by atoms with Crippen molar-refractivity contribution in [1.29, 1.82) is 0 Å². The van der Waals surface area contributed by atoms with E-state index in [0.29, 0.717) is 17.9 Å². The molecule has 1 rings (SSSR count). The Kier molecular flexibility index (Phi) is 3.93. The number of rotatable bonds is 4. The van der Waals surface area contributed by atoms with Crippen molar-refractivity contribution >= 4 is 5.91 Å². The summed E-state index contributed by atoms with van der Waals surface area (Å²) in [5.74, 6) is 1.19. The lowest BCUT2D eigenvalue weighted by Gasteiger charge is -2.34. The summed E-state index contributed by atoms with van der Waals surface area (Å²) in [6, 6.07) is 0.364. The normalized spacial score (nSPS) is 19.2. The van der Waals surface area contributed by atoms with Gasteiger partial charge < -0.3 is 10.2 Å². The quantitative estimate of drug-likeness (QED) is 0.733. The zero-order valence-electron chi connectivity index (χ0n) is 9.71. The highest BCUT2D eigenvalue weighted by atomic mass is 16.2. The van der Waals surface area contributed by atoms with Crippen LogP contribution in [0, 0.1) is 11.8 Å². The van der Waals surface area contributed by atoms with Gasteiger partial charge in [0.1, 0.15) is 0 Å². The van der Waals surface area contributed by atoms with E-state index in [1.165, 1.54) is 0 Å². The largest absolute Gasteiger partial charge is 0.343 e. The van der Waals surface area contributed by atoms with Crippen LogP contribution in [-0.4, -0.2) is 37.0 Å². The van der Waals surface area contributed by atoms with Crippen molar-refractivity contribution in [3.63, 3.8) is 0 Å². The Morgan fingerprint density at radius 1 is 1.43 bits per heavy atom. The first-order valence-electron chi connectivity index (χ1n) is 5.49. The van der Waals surface area contributed by atoms with Crippen LogP contribution >= 0.6 is 0 Å². The van der Waals surface area contributed by atoms with Gasteiger partial charge in [0.25, 0.3) is 0 Å². The number of carbonyl (C=O) groups is 1. The highest BCUT2D eigenvalue weighted by Gasteiger charge is 2.29. The Labute approximate surface area is 86.9 Å². The van der Waals surface area contributed by atoms with Gasteiger partial charge in [-0.1, -0.05) is 13.8 Å². The van der Waals surface area contributed by atoms with Crippen LogP contribution in [0.1, 0.15) is 27.2 Å². The van der Waals surface area contributed by atoms with Gasteiger partial charge >= 0.3 is 0 Å². The summed E-state index contributed by atoms with van der Waals surface area (Å²) in [5, 5.41) is 3.13. The van der Waals surface area contributed by atoms with E-state index in [0.717, 1.165) is 19.5 Å². The van der Waals surface area contributed by atoms with Gasteiger partial charge in [-0.15, -0.1) is 0 Å². The summed E-state index contributed by atoms with van der Waals surface area (Å²) in [4.78, 5) is 13.7. The fourth-order valence-electron chi connectivity index (χ4n) is 1.81. The number of amides is 1. The zero-order valence-corrected chi connectivity index (χ0v) is 9.71. The van der Waals surface area contributed by atoms with Crippen LogP contribution in [0.15, 0.2) is 0 Å². The van der Waals surface area contributed by atoms with Gasteiger partial charge in [0.2, 0.25) is 5.91 Å². The maximum atomic E-state index is 11.8. The number of nitrogens with one attached hydrogen (secondary N) is 1. The number of hydrogen-bond acceptors (Lipinski definition) is 2. The van der Waals surface area contributed by atoms with E-state index in [4.69, 9.17) is 0 Å². The molecular formula is C11H22N2O. The van der Waals surface area contributed by atoms with E-state index in [2.05, 4.69) is 26.1 Å². The van der Waals surface area contributed by atoms with Crippen LogP contribution in [0.3, 0.4) is 0 Å². The molecule has 82 valence electrons. The Morgan fingerprint density at radius 3 is 2.36 bits per heavy atom. The van der Waals surface area contributed by atoms with Crippen molar-refractivity contribution in [3.05, 3.63) is 0 Å². The third-order valence-corrected chi connectivity index (χ3v) is 2.95. The third-order valence-electron chi connectivity index (χ3n) is 2.95. The van der Waals surface area contributed by atoms with Crippen molar-refractivity contribution in [2.24, 2.45) is 11.8 Å². The molecule has 0 aromatic carbocycles. The van der Waals surface area contributed by atoms with Gasteiger partial charge in [-0.2, -0.15) is 0 Å². The van der Waals surface area contributed by atoms with Crippen molar-refractivity contribution in [2.45, 2.75) is 33.2 Å². The summed E-state index contributed by atoms with van der Waals surface area (Å²) in [6.07, 6.45) is 1.09. The predicted octanol–water partition coefficient (Wildman–Crippen LogP) is 1.10. The van der Waals surface area contributed by atoms with Crippen LogP contribution in [-0.2, 0) is 4.79 Å². The SMILES string of the molecule is CC(C)CC(C)N(C)C(=O)C1CNC1. The molecule has 0 aliphatic carbocycles. The molecule has 1 fully saturated rings. The monoisotopic (exact) mass is 198 g/mol. The molecule has 14 heavy (non-hydrogen) atoms. The lowest BCUT2D eigenvalue weighted by atomic mass is 9.99. The van der Waals surface area contributed by atoms with Crippen molar-refractivity contribution in [3.8, 4) is 0 Å². The Bertz CT molecular complexity index is 199. The molecule has 3 nitrogen and oxygen atoms in total. The van der Waals surface area contributed by atoms with E-state index in [9.17, 15) is 4.79 Å². The first-order chi connectivity index (χ1) is 6.52. The summed E-state index contributed by atoms with van der Waals surface area (Å²) in [5.41, 5.74) is 0. The minimum Gasteiger partial charge on any atom is -0.343 e. The number of nitrogens with zero attached hydrogens (tertiary/aromatic N) is 1. The molecule has 1 amide bonds. The zero-order chi connectivity index (χ0) is 10.7.